The Morgan fingerprint density at radius 1 is 0.372 bits per heavy atom. The third-order valence-electron chi connectivity index (χ3n) is 8.73. The van der Waals surface area contributed by atoms with E-state index in [0.29, 0.717) is 0 Å². The molecule has 6 aromatic carbocycles. The van der Waals surface area contributed by atoms with E-state index in [1.807, 2.05) is 11.3 Å². The van der Waals surface area contributed by atoms with Gasteiger partial charge in [0.1, 0.15) is 0 Å². The first-order valence-electron chi connectivity index (χ1n) is 14.6. The molecule has 2 aliphatic heterocycles. The van der Waals surface area contributed by atoms with Gasteiger partial charge in [0.25, 0.3) is 0 Å². The van der Waals surface area contributed by atoms with Gasteiger partial charge in [-0.1, -0.05) is 109 Å². The molecule has 0 unspecified atom stereocenters. The second-order valence-electron chi connectivity index (χ2n) is 10.9. The van der Waals surface area contributed by atoms with Gasteiger partial charge in [-0.3, -0.25) is 0 Å². The van der Waals surface area contributed by atoms with Crippen LogP contribution >= 0.6 is 31.4 Å². The predicted molar refractivity (Wildman–Crippen MR) is 186 cm³/mol. The van der Waals surface area contributed by atoms with E-state index in [-0.39, 0.29) is 0 Å². The number of thiophene rings is 1. The molecule has 0 spiro atoms. The van der Waals surface area contributed by atoms with Crippen LogP contribution in [0.2, 0.25) is 0 Å². The monoisotopic (exact) mass is 604 g/mol. The first kappa shape index (κ1) is 25.2. The van der Waals surface area contributed by atoms with Gasteiger partial charge in [-0.2, -0.15) is 0 Å². The van der Waals surface area contributed by atoms with Crippen LogP contribution in [0.1, 0.15) is 10.4 Å². The molecule has 0 N–H and O–H groups in total. The van der Waals surface area contributed by atoms with Crippen LogP contribution in [0.15, 0.2) is 199 Å². The van der Waals surface area contributed by atoms with Crippen molar-refractivity contribution in [2.45, 2.75) is 29.4 Å². The Balaban J connectivity index is 1.57. The molecule has 0 nitrogen and oxygen atoms in total. The summed E-state index contributed by atoms with van der Waals surface area (Å²) in [6.07, 6.45) is 0. The van der Waals surface area contributed by atoms with Crippen molar-refractivity contribution in [3.05, 3.63) is 180 Å². The van der Waals surface area contributed by atoms with E-state index in [2.05, 4.69) is 170 Å². The standard InChI is InChI=1S/C40H28S3/c1-5-17-29(18-6-1)42(30-19-7-2-8-20-30)36-28-16-14-26-34(36)39-40(42)37-38(33-25-13-15-27-35(33)41-37)43(39,31-21-9-3-10-22-31)32-23-11-4-12-24-32/h1-28H. The van der Waals surface area contributed by atoms with Crippen LogP contribution in [0.25, 0.3) is 19.9 Å². The Labute approximate surface area is 259 Å². The van der Waals surface area contributed by atoms with Crippen molar-refractivity contribution in [3.63, 3.8) is 0 Å². The smallest absolute Gasteiger partial charge is 0.0555 e. The molecule has 206 valence electrons. The number of hydrogen-bond donors (Lipinski definition) is 0. The van der Waals surface area contributed by atoms with E-state index in [1.54, 1.807) is 4.91 Å². The van der Waals surface area contributed by atoms with E-state index < -0.39 is 20.1 Å². The van der Waals surface area contributed by atoms with E-state index >= 15 is 0 Å². The molecular formula is C40H28S3. The average molecular weight is 605 g/mol. The van der Waals surface area contributed by atoms with Crippen LogP contribution in [0.3, 0.4) is 0 Å². The fraction of sp³-hybridized carbons (Fsp3) is 0. The maximum absolute atomic E-state index is 2.43. The van der Waals surface area contributed by atoms with Crippen molar-refractivity contribution in [2.24, 2.45) is 0 Å². The fourth-order valence-electron chi connectivity index (χ4n) is 7.15. The molecule has 0 amide bonds. The van der Waals surface area contributed by atoms with Crippen molar-refractivity contribution in [2.75, 3.05) is 0 Å². The zero-order valence-corrected chi connectivity index (χ0v) is 25.8. The first-order valence-corrected chi connectivity index (χ1v) is 18.7. The molecule has 1 aromatic heterocycles. The molecule has 2 aliphatic rings. The van der Waals surface area contributed by atoms with Gasteiger partial charge >= 0.3 is 0 Å². The van der Waals surface area contributed by atoms with Gasteiger partial charge in [0.05, 0.1) is 4.88 Å². The third kappa shape index (κ3) is 3.25. The average Bonchev–Trinajstić information content (AvgIpc) is 3.72. The highest BCUT2D eigenvalue weighted by atomic mass is 32.3. The van der Waals surface area contributed by atoms with Gasteiger partial charge < -0.3 is 0 Å². The summed E-state index contributed by atoms with van der Waals surface area (Å²) < 4.78 is 1.37. The molecule has 3 heteroatoms. The SMILES string of the molecule is c1ccc(S2(c3ccccc3)C3=C(c4ccccc42)S(c2ccccc2)(c2ccccc2)c2c3sc3ccccc23)cc1. The second kappa shape index (κ2) is 9.62. The predicted octanol–water partition coefficient (Wildman–Crippen LogP) is 12.3. The molecule has 0 radical (unpaired) electrons. The van der Waals surface area contributed by atoms with Gasteiger partial charge in [0, 0.05) is 54.8 Å². The largest absolute Gasteiger partial charge is 0.133 e. The number of benzene rings is 6. The number of fused-ring (bicyclic) bond motifs is 6. The van der Waals surface area contributed by atoms with E-state index in [4.69, 9.17) is 0 Å². The second-order valence-corrected chi connectivity index (χ2v) is 17.9. The van der Waals surface area contributed by atoms with E-state index in [1.165, 1.54) is 54.8 Å². The Morgan fingerprint density at radius 3 is 1.37 bits per heavy atom. The lowest BCUT2D eigenvalue weighted by molar-refractivity contribution is 1.30. The summed E-state index contributed by atoms with van der Waals surface area (Å²) in [6, 6.07) is 64.0. The Bertz CT molecular complexity index is 2080. The molecule has 0 aliphatic carbocycles. The minimum absolute atomic E-state index is 1.37. The van der Waals surface area contributed by atoms with Gasteiger partial charge in [0.2, 0.25) is 0 Å². The van der Waals surface area contributed by atoms with Crippen molar-refractivity contribution in [1.82, 2.24) is 0 Å². The highest BCUT2D eigenvalue weighted by Crippen LogP contribution is 2.94. The van der Waals surface area contributed by atoms with E-state index in [9.17, 15) is 0 Å². The Morgan fingerprint density at radius 2 is 0.814 bits per heavy atom. The maximum atomic E-state index is 2.43. The van der Waals surface area contributed by atoms with Crippen molar-refractivity contribution in [3.8, 4) is 0 Å². The summed E-state index contributed by atoms with van der Waals surface area (Å²) in [5.41, 5.74) is 1.41. The Kier molecular flexibility index (Phi) is 5.65. The van der Waals surface area contributed by atoms with Crippen LogP contribution in [0.4, 0.5) is 0 Å². The van der Waals surface area contributed by atoms with Crippen molar-refractivity contribution < 1.29 is 0 Å². The summed E-state index contributed by atoms with van der Waals surface area (Å²) in [4.78, 5) is 13.2. The molecule has 0 saturated carbocycles. The van der Waals surface area contributed by atoms with Gasteiger partial charge in [-0.05, 0) is 60.7 Å². The van der Waals surface area contributed by atoms with Crippen LogP contribution in [-0.4, -0.2) is 0 Å². The molecule has 9 rings (SSSR count). The van der Waals surface area contributed by atoms with Crippen LogP contribution in [0, 0.1) is 0 Å². The Hall–Kier alpha value is -4.28. The molecular weight excluding hydrogens is 577 g/mol. The highest BCUT2D eigenvalue weighted by molar-refractivity contribution is 8.47. The lowest BCUT2D eigenvalue weighted by Crippen LogP contribution is -2.05. The van der Waals surface area contributed by atoms with Gasteiger partial charge in [-0.15, -0.1) is 31.4 Å². The molecule has 0 fully saturated rings. The van der Waals surface area contributed by atoms with Gasteiger partial charge in [-0.25, -0.2) is 0 Å². The number of rotatable bonds is 4. The maximum Gasteiger partial charge on any atom is 0.0555 e. The van der Waals surface area contributed by atoms with Crippen LogP contribution in [0.5, 0.6) is 0 Å². The topological polar surface area (TPSA) is 0 Å². The molecule has 43 heavy (non-hydrogen) atoms. The lowest BCUT2D eigenvalue weighted by Gasteiger charge is -2.41. The summed E-state index contributed by atoms with van der Waals surface area (Å²) in [7, 11) is -3.62. The van der Waals surface area contributed by atoms with Crippen LogP contribution in [-0.2, 0) is 0 Å². The summed E-state index contributed by atoms with van der Waals surface area (Å²) in [5.74, 6) is 0. The van der Waals surface area contributed by atoms with Crippen LogP contribution < -0.4 is 0 Å². The normalized spacial score (nSPS) is 17.2. The van der Waals surface area contributed by atoms with Crippen molar-refractivity contribution in [1.29, 1.82) is 0 Å². The number of hydrogen-bond acceptors (Lipinski definition) is 1. The zero-order chi connectivity index (χ0) is 28.4. The zero-order valence-electron chi connectivity index (χ0n) is 23.4. The molecule has 7 aromatic rings. The highest BCUT2D eigenvalue weighted by Gasteiger charge is 2.56. The molecule has 0 bridgehead atoms. The molecule has 0 atom stereocenters. The quantitative estimate of drug-likeness (QED) is 0.187. The fourth-order valence-corrected chi connectivity index (χ4v) is 18.7. The summed E-state index contributed by atoms with van der Waals surface area (Å²) >= 11 is 2.00. The summed E-state index contributed by atoms with van der Waals surface area (Å²) in [5, 5.41) is 1.39. The third-order valence-corrected chi connectivity index (χ3v) is 18.3. The van der Waals surface area contributed by atoms with Gasteiger partial charge in [0.15, 0.2) is 0 Å². The first-order chi connectivity index (χ1) is 21.4. The molecule has 3 heterocycles. The summed E-state index contributed by atoms with van der Waals surface area (Å²) in [6.45, 7) is 0. The van der Waals surface area contributed by atoms with Crippen molar-refractivity contribution >= 4 is 51.3 Å². The minimum Gasteiger partial charge on any atom is -0.133 e. The minimum atomic E-state index is -1.83. The lowest BCUT2D eigenvalue weighted by atomic mass is 10.2. The molecule has 0 saturated heterocycles. The van der Waals surface area contributed by atoms with E-state index in [0.717, 1.165) is 0 Å².